The van der Waals surface area contributed by atoms with Crippen molar-refractivity contribution in [1.29, 1.82) is 0 Å². The van der Waals surface area contributed by atoms with Crippen LogP contribution < -0.4 is 4.57 Å². The average molecular weight is 546 g/mol. The molecule has 0 bridgehead atoms. The summed E-state index contributed by atoms with van der Waals surface area (Å²) in [5.41, 5.74) is 0. The van der Waals surface area contributed by atoms with Crippen LogP contribution in [0.1, 0.15) is 206 Å². The van der Waals surface area contributed by atoms with Gasteiger partial charge >= 0.3 is 0 Å². The van der Waals surface area contributed by atoms with Crippen LogP contribution in [-0.2, 0) is 19.5 Å². The molecule has 0 saturated heterocycles. The lowest BCUT2D eigenvalue weighted by atomic mass is 10.0. The number of aryl methyl sites for hydroxylation is 2. The highest BCUT2D eigenvalue weighted by Crippen LogP contribution is 2.15. The van der Waals surface area contributed by atoms with Gasteiger partial charge in [0.15, 0.2) is 0 Å². The molecule has 0 fully saturated rings. The highest BCUT2D eigenvalue weighted by molar-refractivity contribution is 4.84. The van der Waals surface area contributed by atoms with Gasteiger partial charge < -0.3 is 0 Å². The fourth-order valence-corrected chi connectivity index (χ4v) is 6.21. The summed E-state index contributed by atoms with van der Waals surface area (Å²) in [5.74, 6) is 1.59. The van der Waals surface area contributed by atoms with Crippen LogP contribution in [0.25, 0.3) is 0 Å². The molecule has 0 spiro atoms. The maximum absolute atomic E-state index is 2.59. The van der Waals surface area contributed by atoms with Gasteiger partial charge in [-0.05, 0) is 25.7 Å². The van der Waals surface area contributed by atoms with E-state index < -0.39 is 0 Å². The Bertz CT molecular complexity index is 605. The number of aromatic nitrogens is 2. The normalized spacial score (nSPS) is 11.6. The van der Waals surface area contributed by atoms with Crippen molar-refractivity contribution in [2.45, 2.75) is 220 Å². The second-order valence-corrected chi connectivity index (χ2v) is 12.7. The van der Waals surface area contributed by atoms with E-state index in [9.17, 15) is 0 Å². The Morgan fingerprint density at radius 2 is 0.795 bits per heavy atom. The van der Waals surface area contributed by atoms with Crippen molar-refractivity contribution in [2.24, 2.45) is 0 Å². The van der Waals surface area contributed by atoms with Gasteiger partial charge in [-0.1, -0.05) is 175 Å². The molecule has 0 aliphatic rings. The summed E-state index contributed by atoms with van der Waals surface area (Å²) in [6.07, 6.45) is 46.1. The third-order valence-electron chi connectivity index (χ3n) is 8.81. The molecule has 1 aromatic heterocycles. The molecule has 1 heterocycles. The van der Waals surface area contributed by atoms with E-state index in [1.54, 1.807) is 5.82 Å². The molecule has 1 rings (SSSR count). The monoisotopic (exact) mass is 546 g/mol. The molecular formula is C37H73N2+. The minimum Gasteiger partial charge on any atom is -0.234 e. The van der Waals surface area contributed by atoms with Crippen LogP contribution in [0.5, 0.6) is 0 Å². The molecule has 2 heteroatoms. The number of unbranched alkanes of at least 4 members (excludes halogenated alkanes) is 25. The summed E-state index contributed by atoms with van der Waals surface area (Å²) in [4.78, 5) is 0. The van der Waals surface area contributed by atoms with E-state index in [0.717, 1.165) is 0 Å². The molecule has 0 unspecified atom stereocenters. The summed E-state index contributed by atoms with van der Waals surface area (Å²) in [6, 6.07) is 0. The van der Waals surface area contributed by atoms with Gasteiger partial charge in [0.25, 0.3) is 5.82 Å². The van der Waals surface area contributed by atoms with Crippen LogP contribution in [0.15, 0.2) is 12.4 Å². The van der Waals surface area contributed by atoms with Crippen molar-refractivity contribution in [3.05, 3.63) is 18.2 Å². The van der Waals surface area contributed by atoms with E-state index >= 15 is 0 Å². The largest absolute Gasteiger partial charge is 0.256 e. The molecule has 2 nitrogen and oxygen atoms in total. The minimum absolute atomic E-state index is 1.18. The highest BCUT2D eigenvalue weighted by Gasteiger charge is 2.15. The predicted molar refractivity (Wildman–Crippen MR) is 175 cm³/mol. The van der Waals surface area contributed by atoms with E-state index in [1.165, 1.54) is 199 Å². The summed E-state index contributed by atoms with van der Waals surface area (Å²) < 4.78 is 5.14. The zero-order valence-corrected chi connectivity index (χ0v) is 27.5. The van der Waals surface area contributed by atoms with Crippen LogP contribution in [0.4, 0.5) is 0 Å². The van der Waals surface area contributed by atoms with Gasteiger partial charge in [0, 0.05) is 6.42 Å². The summed E-state index contributed by atoms with van der Waals surface area (Å²) in [6.45, 7) is 9.33. The molecule has 230 valence electrons. The lowest BCUT2D eigenvalue weighted by Gasteiger charge is -2.06. The van der Waals surface area contributed by atoms with Crippen LogP contribution >= 0.6 is 0 Å². The first-order chi connectivity index (χ1) is 19.3. The van der Waals surface area contributed by atoms with Crippen LogP contribution in [-0.4, -0.2) is 4.57 Å². The molecule has 0 N–H and O–H groups in total. The Hall–Kier alpha value is -0.790. The van der Waals surface area contributed by atoms with Crippen LogP contribution in [0, 0.1) is 0 Å². The predicted octanol–water partition coefficient (Wildman–Crippen LogP) is 12.3. The molecule has 1 aromatic rings. The zero-order valence-electron chi connectivity index (χ0n) is 27.5. The van der Waals surface area contributed by atoms with Crippen molar-refractivity contribution in [2.75, 3.05) is 0 Å². The van der Waals surface area contributed by atoms with E-state index in [2.05, 4.69) is 42.3 Å². The maximum atomic E-state index is 2.59. The van der Waals surface area contributed by atoms with Gasteiger partial charge in [0.05, 0.1) is 13.1 Å². The smallest absolute Gasteiger partial charge is 0.234 e. The SMILES string of the molecule is CCCCCCCCCCCCCCCC[n+]1ccn(CCC)c1CCCCCCCCCCCCCCC. The molecule has 0 atom stereocenters. The van der Waals surface area contributed by atoms with Crippen molar-refractivity contribution in [3.8, 4) is 0 Å². The molecule has 0 aliphatic carbocycles. The summed E-state index contributed by atoms with van der Waals surface area (Å²) >= 11 is 0. The first-order valence-electron chi connectivity index (χ1n) is 18.4. The summed E-state index contributed by atoms with van der Waals surface area (Å²) in [5, 5.41) is 0. The maximum Gasteiger partial charge on any atom is 0.256 e. The Labute approximate surface area is 247 Å². The lowest BCUT2D eigenvalue weighted by molar-refractivity contribution is -0.704. The standard InChI is InChI=1S/C37H73N2/c1-4-7-9-11-13-15-17-19-21-23-25-27-29-31-34-39-36-35-38(33-6-3)37(39)32-30-28-26-24-22-20-18-16-14-12-10-8-5-2/h35-36H,4-34H2,1-3H3/q+1. The first kappa shape index (κ1) is 36.2. The number of hydrogen-bond donors (Lipinski definition) is 0. The van der Waals surface area contributed by atoms with E-state index in [4.69, 9.17) is 0 Å². The second-order valence-electron chi connectivity index (χ2n) is 12.7. The first-order valence-corrected chi connectivity index (χ1v) is 18.4. The van der Waals surface area contributed by atoms with Crippen molar-refractivity contribution in [3.63, 3.8) is 0 Å². The molecular weight excluding hydrogens is 472 g/mol. The number of rotatable bonds is 31. The average Bonchev–Trinajstić information content (AvgIpc) is 3.32. The van der Waals surface area contributed by atoms with E-state index in [-0.39, 0.29) is 0 Å². The zero-order chi connectivity index (χ0) is 28.1. The Morgan fingerprint density at radius 3 is 1.18 bits per heavy atom. The van der Waals surface area contributed by atoms with Crippen molar-refractivity contribution in [1.82, 2.24) is 4.57 Å². The van der Waals surface area contributed by atoms with Gasteiger partial charge in [-0.2, -0.15) is 0 Å². The fraction of sp³-hybridized carbons (Fsp3) is 0.919. The Morgan fingerprint density at radius 1 is 0.436 bits per heavy atom. The lowest BCUT2D eigenvalue weighted by Crippen LogP contribution is -2.37. The van der Waals surface area contributed by atoms with Gasteiger partial charge in [-0.25, -0.2) is 9.13 Å². The third kappa shape index (κ3) is 21.6. The van der Waals surface area contributed by atoms with Crippen LogP contribution in [0.2, 0.25) is 0 Å². The molecule has 0 aliphatic heterocycles. The Kier molecular flexibility index (Phi) is 26.7. The molecule has 0 aromatic carbocycles. The van der Waals surface area contributed by atoms with Gasteiger partial charge in [-0.15, -0.1) is 0 Å². The van der Waals surface area contributed by atoms with Gasteiger partial charge in [-0.3, -0.25) is 0 Å². The van der Waals surface area contributed by atoms with Crippen molar-refractivity contribution < 1.29 is 4.57 Å². The number of imidazole rings is 1. The number of nitrogens with zero attached hydrogens (tertiary/aromatic N) is 2. The fourth-order valence-electron chi connectivity index (χ4n) is 6.21. The van der Waals surface area contributed by atoms with Gasteiger partial charge in [0.1, 0.15) is 12.4 Å². The second kappa shape index (κ2) is 28.7. The molecule has 0 saturated carbocycles. The van der Waals surface area contributed by atoms with E-state index in [1.807, 2.05) is 0 Å². The van der Waals surface area contributed by atoms with Crippen molar-refractivity contribution >= 4 is 0 Å². The third-order valence-corrected chi connectivity index (χ3v) is 8.81. The molecule has 39 heavy (non-hydrogen) atoms. The highest BCUT2D eigenvalue weighted by atomic mass is 15.1. The van der Waals surface area contributed by atoms with Gasteiger partial charge in [0.2, 0.25) is 0 Å². The Balaban J connectivity index is 2.05. The topological polar surface area (TPSA) is 8.81 Å². The van der Waals surface area contributed by atoms with E-state index in [0.29, 0.717) is 0 Å². The quantitative estimate of drug-likeness (QED) is 0.0648. The number of hydrogen-bond acceptors (Lipinski definition) is 0. The summed E-state index contributed by atoms with van der Waals surface area (Å²) in [7, 11) is 0. The molecule has 0 amide bonds. The minimum atomic E-state index is 1.18. The van der Waals surface area contributed by atoms with Crippen LogP contribution in [0.3, 0.4) is 0 Å². The molecule has 0 radical (unpaired) electrons.